The van der Waals surface area contributed by atoms with Crippen LogP contribution in [0, 0.1) is 0 Å². The Morgan fingerprint density at radius 2 is 1.92 bits per heavy atom. The molecule has 0 N–H and O–H groups in total. The van der Waals surface area contributed by atoms with E-state index in [0.717, 1.165) is 55.4 Å². The van der Waals surface area contributed by atoms with Gasteiger partial charge in [0.15, 0.2) is 5.13 Å². The Hall–Kier alpha value is -1.92. The number of carbonyl (C=O) groups excluding carboxylic acids is 1. The van der Waals surface area contributed by atoms with Gasteiger partial charge >= 0.3 is 0 Å². The van der Waals surface area contributed by atoms with E-state index in [4.69, 9.17) is 0 Å². The second kappa shape index (κ2) is 7.97. The largest absolute Gasteiger partial charge is 0.345 e. The molecule has 0 unspecified atom stereocenters. The molecule has 0 bridgehead atoms. The molecule has 0 saturated carbocycles. The minimum absolute atomic E-state index is 0.144. The van der Waals surface area contributed by atoms with Crippen LogP contribution in [0.15, 0.2) is 30.5 Å². The molecule has 134 valence electrons. The van der Waals surface area contributed by atoms with Crippen LogP contribution in [0.5, 0.6) is 0 Å². The van der Waals surface area contributed by atoms with E-state index in [1.165, 1.54) is 4.88 Å². The highest BCUT2D eigenvalue weighted by molar-refractivity contribution is 7.15. The zero-order valence-corrected chi connectivity index (χ0v) is 16.1. The van der Waals surface area contributed by atoms with Gasteiger partial charge in [-0.1, -0.05) is 25.1 Å². The highest BCUT2D eigenvalue weighted by Crippen LogP contribution is 2.24. The van der Waals surface area contributed by atoms with Crippen molar-refractivity contribution in [2.45, 2.75) is 19.9 Å². The average molecular weight is 359 g/mol. The van der Waals surface area contributed by atoms with Crippen LogP contribution in [-0.4, -0.2) is 61.0 Å². The van der Waals surface area contributed by atoms with Crippen LogP contribution in [0.1, 0.15) is 27.7 Å². The van der Waals surface area contributed by atoms with Crippen molar-refractivity contribution >= 4 is 22.4 Å². The lowest BCUT2D eigenvalue weighted by Gasteiger charge is -2.35. The summed E-state index contributed by atoms with van der Waals surface area (Å²) in [6.45, 7) is 6.11. The zero-order valence-electron chi connectivity index (χ0n) is 15.2. The highest BCUT2D eigenvalue weighted by Gasteiger charge is 2.25. The molecule has 1 aliphatic heterocycles. The highest BCUT2D eigenvalue weighted by atomic mass is 32.1. The van der Waals surface area contributed by atoms with E-state index in [0.29, 0.717) is 0 Å². The predicted molar refractivity (Wildman–Crippen MR) is 103 cm³/mol. The van der Waals surface area contributed by atoms with E-state index in [9.17, 15) is 4.79 Å². The normalized spacial score (nSPS) is 15.0. The molecule has 1 aliphatic rings. The number of benzene rings is 1. The van der Waals surface area contributed by atoms with Crippen molar-refractivity contribution in [3.05, 3.63) is 46.5 Å². The molecule has 6 heteroatoms. The Morgan fingerprint density at radius 3 is 2.56 bits per heavy atom. The molecule has 3 rings (SSSR count). The summed E-state index contributed by atoms with van der Waals surface area (Å²) < 4.78 is 0. The lowest BCUT2D eigenvalue weighted by Crippen LogP contribution is -2.49. The zero-order chi connectivity index (χ0) is 17.8. The molecule has 0 atom stereocenters. The van der Waals surface area contributed by atoms with E-state index in [2.05, 4.69) is 21.7 Å². The Morgan fingerprint density at radius 1 is 1.20 bits per heavy atom. The van der Waals surface area contributed by atoms with Crippen molar-refractivity contribution in [3.63, 3.8) is 0 Å². The fraction of sp³-hybridized carbons (Fsp3) is 0.474. The summed E-state index contributed by atoms with van der Waals surface area (Å²) in [5.74, 6) is 0.144. The van der Waals surface area contributed by atoms with E-state index in [1.54, 1.807) is 11.3 Å². The van der Waals surface area contributed by atoms with Crippen LogP contribution in [-0.2, 0) is 13.0 Å². The Balaban J connectivity index is 1.66. The van der Waals surface area contributed by atoms with Gasteiger partial charge in [-0.3, -0.25) is 4.79 Å². The molecule has 1 aromatic heterocycles. The second-order valence-electron chi connectivity index (χ2n) is 6.64. The van der Waals surface area contributed by atoms with E-state index in [-0.39, 0.29) is 5.91 Å². The van der Waals surface area contributed by atoms with E-state index >= 15 is 0 Å². The van der Waals surface area contributed by atoms with Gasteiger partial charge in [-0.25, -0.2) is 4.98 Å². The summed E-state index contributed by atoms with van der Waals surface area (Å²) >= 11 is 1.76. The third-order valence-electron chi connectivity index (χ3n) is 4.46. The van der Waals surface area contributed by atoms with Crippen LogP contribution in [0.4, 0.5) is 5.13 Å². The fourth-order valence-electron chi connectivity index (χ4n) is 3.09. The van der Waals surface area contributed by atoms with E-state index < -0.39 is 0 Å². The van der Waals surface area contributed by atoms with Crippen molar-refractivity contribution in [2.24, 2.45) is 0 Å². The number of amides is 1. The van der Waals surface area contributed by atoms with Crippen molar-refractivity contribution in [3.8, 4) is 0 Å². The molecule has 1 amide bonds. The molecule has 2 heterocycles. The van der Waals surface area contributed by atoms with Crippen LogP contribution in [0.2, 0.25) is 0 Å². The lowest BCUT2D eigenvalue weighted by atomic mass is 10.1. The summed E-state index contributed by atoms with van der Waals surface area (Å²) in [6.07, 6.45) is 2.99. The van der Waals surface area contributed by atoms with Gasteiger partial charge in [-0.15, -0.1) is 11.3 Å². The number of thiazole rings is 1. The maximum absolute atomic E-state index is 13.0. The monoisotopic (exact) mass is 358 g/mol. The predicted octanol–water partition coefficient (Wildman–Crippen LogP) is 2.73. The third-order valence-corrected chi connectivity index (χ3v) is 5.66. The number of nitrogens with zero attached hydrogens (tertiary/aromatic N) is 4. The summed E-state index contributed by atoms with van der Waals surface area (Å²) in [5.41, 5.74) is 1.92. The van der Waals surface area contributed by atoms with Gasteiger partial charge in [0.2, 0.25) is 0 Å². The second-order valence-corrected chi connectivity index (χ2v) is 7.73. The van der Waals surface area contributed by atoms with Gasteiger partial charge in [0, 0.05) is 49.4 Å². The summed E-state index contributed by atoms with van der Waals surface area (Å²) in [4.78, 5) is 25.2. The number of carbonyl (C=O) groups is 1. The fourth-order valence-corrected chi connectivity index (χ4v) is 3.99. The molecule has 0 aliphatic carbocycles. The number of piperazine rings is 1. The molecule has 1 saturated heterocycles. The maximum atomic E-state index is 13.0. The van der Waals surface area contributed by atoms with Gasteiger partial charge in [-0.2, -0.15) is 0 Å². The summed E-state index contributed by atoms with van der Waals surface area (Å²) in [6, 6.07) is 7.94. The Bertz CT molecular complexity index is 720. The number of hydrogen-bond donors (Lipinski definition) is 0. The molecule has 0 radical (unpaired) electrons. The maximum Gasteiger partial charge on any atom is 0.254 e. The smallest absolute Gasteiger partial charge is 0.254 e. The number of hydrogen-bond acceptors (Lipinski definition) is 5. The van der Waals surface area contributed by atoms with Crippen LogP contribution in [0.25, 0.3) is 0 Å². The number of aromatic nitrogens is 1. The molecule has 5 nitrogen and oxygen atoms in total. The first-order valence-electron chi connectivity index (χ1n) is 8.80. The Kier molecular flexibility index (Phi) is 5.71. The molecule has 0 spiro atoms. The van der Waals surface area contributed by atoms with Crippen LogP contribution < -0.4 is 4.90 Å². The van der Waals surface area contributed by atoms with Gasteiger partial charge in [0.25, 0.3) is 5.91 Å². The molecular formula is C19H26N4OS. The van der Waals surface area contributed by atoms with Crippen LogP contribution >= 0.6 is 11.3 Å². The first-order chi connectivity index (χ1) is 12.1. The van der Waals surface area contributed by atoms with Crippen LogP contribution in [0.3, 0.4) is 0 Å². The quantitative estimate of drug-likeness (QED) is 0.824. The van der Waals surface area contributed by atoms with Gasteiger partial charge < -0.3 is 14.7 Å². The molecule has 2 aromatic rings. The van der Waals surface area contributed by atoms with Crippen molar-refractivity contribution in [1.29, 1.82) is 0 Å². The first kappa shape index (κ1) is 17.9. The molecule has 25 heavy (non-hydrogen) atoms. The number of aryl methyl sites for hydroxylation is 1. The summed E-state index contributed by atoms with van der Waals surface area (Å²) in [5, 5.41) is 1.08. The minimum atomic E-state index is 0.144. The Labute approximate surface area is 153 Å². The molecule has 1 fully saturated rings. The lowest BCUT2D eigenvalue weighted by molar-refractivity contribution is 0.0745. The van der Waals surface area contributed by atoms with Gasteiger partial charge in [0.05, 0.1) is 0 Å². The van der Waals surface area contributed by atoms with Crippen molar-refractivity contribution < 1.29 is 4.79 Å². The van der Waals surface area contributed by atoms with Gasteiger partial charge in [0.1, 0.15) is 0 Å². The molecule has 1 aromatic carbocycles. The minimum Gasteiger partial charge on any atom is -0.345 e. The van der Waals surface area contributed by atoms with Crippen molar-refractivity contribution in [1.82, 2.24) is 14.8 Å². The average Bonchev–Trinajstić information content (AvgIpc) is 3.10. The standard InChI is InChI=1S/C19H26N4OS/c1-4-16-13-20-19(25-16)23-11-9-22(10-12-23)18(24)17-8-6-5-7-15(17)14-21(2)3/h5-8,13H,4,9-12,14H2,1-3H3. The first-order valence-corrected chi connectivity index (χ1v) is 9.61. The van der Waals surface area contributed by atoms with Crippen molar-refractivity contribution in [2.75, 3.05) is 45.2 Å². The van der Waals surface area contributed by atoms with E-state index in [1.807, 2.05) is 49.5 Å². The summed E-state index contributed by atoms with van der Waals surface area (Å²) in [7, 11) is 4.05. The number of anilines is 1. The molecular weight excluding hydrogens is 332 g/mol. The SMILES string of the molecule is CCc1cnc(N2CCN(C(=O)c3ccccc3CN(C)C)CC2)s1. The topological polar surface area (TPSA) is 39.7 Å². The van der Waals surface area contributed by atoms with Gasteiger partial charge in [-0.05, 0) is 32.1 Å². The third kappa shape index (κ3) is 4.19. The number of rotatable bonds is 5.